The Hall–Kier alpha value is -2.45. The van der Waals surface area contributed by atoms with Gasteiger partial charge in [-0.1, -0.05) is 0 Å². The SMILES string of the molecule is COc1cc(NC(=O)c2cccnc2)ccc1S(N)(=O)=O. The van der Waals surface area contributed by atoms with Crippen LogP contribution in [0.3, 0.4) is 0 Å². The molecule has 0 atom stereocenters. The van der Waals surface area contributed by atoms with E-state index < -0.39 is 10.0 Å². The first-order valence-electron chi connectivity index (χ1n) is 5.84. The number of carbonyl (C=O) groups excluding carboxylic acids is 1. The fourth-order valence-corrected chi connectivity index (χ4v) is 2.36. The summed E-state index contributed by atoms with van der Waals surface area (Å²) >= 11 is 0. The molecule has 0 unspecified atom stereocenters. The molecule has 2 rings (SSSR count). The first kappa shape index (κ1) is 14.9. The minimum absolute atomic E-state index is 0.0569. The van der Waals surface area contributed by atoms with Gasteiger partial charge in [0.25, 0.3) is 5.91 Å². The number of hydrogen-bond acceptors (Lipinski definition) is 5. The summed E-state index contributed by atoms with van der Waals surface area (Å²) in [6.45, 7) is 0. The number of rotatable bonds is 4. The molecule has 0 saturated carbocycles. The van der Waals surface area contributed by atoms with Crippen LogP contribution in [-0.2, 0) is 10.0 Å². The van der Waals surface area contributed by atoms with Crippen LogP contribution < -0.4 is 15.2 Å². The Balaban J connectivity index is 2.28. The summed E-state index contributed by atoms with van der Waals surface area (Å²) in [6.07, 6.45) is 2.98. The largest absolute Gasteiger partial charge is 0.495 e. The molecule has 0 spiro atoms. The molecule has 7 nitrogen and oxygen atoms in total. The molecule has 0 aliphatic rings. The number of aromatic nitrogens is 1. The number of anilines is 1. The monoisotopic (exact) mass is 307 g/mol. The van der Waals surface area contributed by atoms with Crippen LogP contribution in [0.1, 0.15) is 10.4 Å². The molecule has 0 radical (unpaired) electrons. The van der Waals surface area contributed by atoms with Crippen molar-refractivity contribution in [3.63, 3.8) is 0 Å². The van der Waals surface area contributed by atoms with Gasteiger partial charge in [-0.3, -0.25) is 9.78 Å². The average molecular weight is 307 g/mol. The standard InChI is InChI=1S/C13H13N3O4S/c1-20-11-7-10(4-5-12(11)21(14,18)19)16-13(17)9-3-2-6-15-8-9/h2-8H,1H3,(H,16,17)(H2,14,18,19). The van der Waals surface area contributed by atoms with E-state index in [-0.39, 0.29) is 16.6 Å². The summed E-state index contributed by atoms with van der Waals surface area (Å²) in [5, 5.41) is 7.69. The maximum absolute atomic E-state index is 12.0. The summed E-state index contributed by atoms with van der Waals surface area (Å²) in [4.78, 5) is 15.7. The Labute approximate surface area is 121 Å². The number of sulfonamides is 1. The van der Waals surface area contributed by atoms with E-state index in [0.717, 1.165) is 0 Å². The number of methoxy groups -OCH3 is 1. The molecule has 0 fully saturated rings. The summed E-state index contributed by atoms with van der Waals surface area (Å²) < 4.78 is 27.7. The Morgan fingerprint density at radius 2 is 2.10 bits per heavy atom. The summed E-state index contributed by atoms with van der Waals surface area (Å²) in [7, 11) is -2.57. The van der Waals surface area contributed by atoms with Crippen LogP contribution in [0.4, 0.5) is 5.69 Å². The lowest BCUT2D eigenvalue weighted by atomic mass is 10.2. The van der Waals surface area contributed by atoms with Crippen molar-refractivity contribution < 1.29 is 17.9 Å². The summed E-state index contributed by atoms with van der Waals surface area (Å²) in [6, 6.07) is 7.33. The van der Waals surface area contributed by atoms with Gasteiger partial charge in [-0.05, 0) is 24.3 Å². The highest BCUT2D eigenvalue weighted by Crippen LogP contribution is 2.26. The smallest absolute Gasteiger partial charge is 0.257 e. The molecule has 2 aromatic rings. The number of hydrogen-bond donors (Lipinski definition) is 2. The highest BCUT2D eigenvalue weighted by molar-refractivity contribution is 7.89. The number of pyridine rings is 1. The van der Waals surface area contributed by atoms with Crippen LogP contribution in [0.5, 0.6) is 5.75 Å². The van der Waals surface area contributed by atoms with E-state index in [9.17, 15) is 13.2 Å². The average Bonchev–Trinajstić information content (AvgIpc) is 2.46. The van der Waals surface area contributed by atoms with Crippen LogP contribution >= 0.6 is 0 Å². The molecule has 0 saturated heterocycles. The fourth-order valence-electron chi connectivity index (χ4n) is 1.68. The van der Waals surface area contributed by atoms with E-state index in [1.165, 1.54) is 31.5 Å². The van der Waals surface area contributed by atoms with Gasteiger partial charge in [0.2, 0.25) is 10.0 Å². The van der Waals surface area contributed by atoms with E-state index >= 15 is 0 Å². The van der Waals surface area contributed by atoms with Crippen molar-refractivity contribution >= 4 is 21.6 Å². The molecule has 110 valence electrons. The van der Waals surface area contributed by atoms with Gasteiger partial charge < -0.3 is 10.1 Å². The van der Waals surface area contributed by atoms with Gasteiger partial charge in [-0.25, -0.2) is 13.6 Å². The van der Waals surface area contributed by atoms with Crippen molar-refractivity contribution in [2.45, 2.75) is 4.90 Å². The van der Waals surface area contributed by atoms with Crippen molar-refractivity contribution in [1.82, 2.24) is 4.98 Å². The van der Waals surface area contributed by atoms with Gasteiger partial charge in [0.1, 0.15) is 10.6 Å². The molecule has 8 heteroatoms. The molecular formula is C13H13N3O4S. The molecule has 0 bridgehead atoms. The molecular weight excluding hydrogens is 294 g/mol. The molecule has 1 aromatic heterocycles. The predicted molar refractivity (Wildman–Crippen MR) is 76.6 cm³/mol. The third-order valence-electron chi connectivity index (χ3n) is 2.65. The maximum atomic E-state index is 12.0. The second-order valence-electron chi connectivity index (χ2n) is 4.11. The molecule has 1 amide bonds. The number of primary sulfonamides is 1. The second kappa shape index (κ2) is 5.90. The van der Waals surface area contributed by atoms with E-state index in [1.807, 2.05) is 0 Å². The van der Waals surface area contributed by atoms with Crippen LogP contribution in [0.25, 0.3) is 0 Å². The van der Waals surface area contributed by atoms with Crippen LogP contribution in [0, 0.1) is 0 Å². The van der Waals surface area contributed by atoms with Crippen molar-refractivity contribution in [3.05, 3.63) is 48.3 Å². The quantitative estimate of drug-likeness (QED) is 0.875. The van der Waals surface area contributed by atoms with Gasteiger partial charge in [0.05, 0.1) is 12.7 Å². The number of nitrogens with two attached hydrogens (primary N) is 1. The van der Waals surface area contributed by atoms with E-state index in [1.54, 1.807) is 18.3 Å². The van der Waals surface area contributed by atoms with Gasteiger partial charge >= 0.3 is 0 Å². The highest BCUT2D eigenvalue weighted by Gasteiger charge is 2.16. The zero-order valence-electron chi connectivity index (χ0n) is 11.1. The van der Waals surface area contributed by atoms with Crippen molar-refractivity contribution in [1.29, 1.82) is 0 Å². The van der Waals surface area contributed by atoms with Crippen molar-refractivity contribution in [3.8, 4) is 5.75 Å². The lowest BCUT2D eigenvalue weighted by Gasteiger charge is -2.10. The number of benzene rings is 1. The van der Waals surface area contributed by atoms with Gasteiger partial charge in [-0.2, -0.15) is 0 Å². The number of carbonyl (C=O) groups is 1. The zero-order chi connectivity index (χ0) is 15.5. The topological polar surface area (TPSA) is 111 Å². The molecule has 1 heterocycles. The molecule has 3 N–H and O–H groups in total. The fraction of sp³-hybridized carbons (Fsp3) is 0.0769. The Bertz CT molecular complexity index is 760. The maximum Gasteiger partial charge on any atom is 0.257 e. The van der Waals surface area contributed by atoms with Gasteiger partial charge in [-0.15, -0.1) is 0 Å². The lowest BCUT2D eigenvalue weighted by molar-refractivity contribution is 0.102. The number of nitrogens with zero attached hydrogens (tertiary/aromatic N) is 1. The molecule has 21 heavy (non-hydrogen) atoms. The normalized spacial score (nSPS) is 11.0. The third-order valence-corrected chi connectivity index (χ3v) is 3.60. The predicted octanol–water partition coefficient (Wildman–Crippen LogP) is 0.990. The van der Waals surface area contributed by atoms with E-state index in [4.69, 9.17) is 9.88 Å². The van der Waals surface area contributed by atoms with Crippen LogP contribution in [-0.4, -0.2) is 26.4 Å². The summed E-state index contributed by atoms with van der Waals surface area (Å²) in [5.74, 6) is -0.310. The van der Waals surface area contributed by atoms with Crippen molar-refractivity contribution in [2.24, 2.45) is 5.14 Å². The number of nitrogens with one attached hydrogen (secondary N) is 1. The van der Waals surface area contributed by atoms with E-state index in [0.29, 0.717) is 11.3 Å². The van der Waals surface area contributed by atoms with Crippen LogP contribution in [0.2, 0.25) is 0 Å². The van der Waals surface area contributed by atoms with Crippen LogP contribution in [0.15, 0.2) is 47.6 Å². The third kappa shape index (κ3) is 3.56. The van der Waals surface area contributed by atoms with E-state index in [2.05, 4.69) is 10.3 Å². The lowest BCUT2D eigenvalue weighted by Crippen LogP contribution is -2.15. The Morgan fingerprint density at radius 3 is 2.67 bits per heavy atom. The Kier molecular flexibility index (Phi) is 4.20. The van der Waals surface area contributed by atoms with Gasteiger partial charge in [0.15, 0.2) is 0 Å². The minimum atomic E-state index is -3.89. The van der Waals surface area contributed by atoms with Crippen molar-refractivity contribution in [2.75, 3.05) is 12.4 Å². The second-order valence-corrected chi connectivity index (χ2v) is 5.64. The zero-order valence-corrected chi connectivity index (χ0v) is 11.9. The first-order valence-corrected chi connectivity index (χ1v) is 7.38. The van der Waals surface area contributed by atoms with Gasteiger partial charge in [0, 0.05) is 24.1 Å². The molecule has 1 aromatic carbocycles. The number of amides is 1. The number of ether oxygens (including phenoxy) is 1. The molecule has 0 aliphatic carbocycles. The first-order chi connectivity index (χ1) is 9.91. The summed E-state index contributed by atoms with van der Waals surface area (Å²) in [5.41, 5.74) is 0.764. The Morgan fingerprint density at radius 1 is 1.33 bits per heavy atom. The molecule has 0 aliphatic heterocycles. The highest BCUT2D eigenvalue weighted by atomic mass is 32.2. The minimum Gasteiger partial charge on any atom is -0.495 e.